The van der Waals surface area contributed by atoms with Crippen molar-refractivity contribution in [3.05, 3.63) is 47.3 Å². The van der Waals surface area contributed by atoms with Gasteiger partial charge in [-0.15, -0.1) is 11.3 Å². The zero-order valence-electron chi connectivity index (χ0n) is 18.5. The van der Waals surface area contributed by atoms with Gasteiger partial charge in [0.05, 0.1) is 7.11 Å². The van der Waals surface area contributed by atoms with E-state index in [0.717, 1.165) is 44.9 Å². The molecule has 0 unspecified atom stereocenters. The Balaban J connectivity index is 1.28. The van der Waals surface area contributed by atoms with Crippen LogP contribution in [0.4, 0.5) is 0 Å². The third-order valence-corrected chi connectivity index (χ3v) is 9.63. The molecule has 0 spiro atoms. The Morgan fingerprint density at radius 1 is 1.03 bits per heavy atom. The van der Waals surface area contributed by atoms with Crippen LogP contribution in [0, 0.1) is 5.92 Å². The molecule has 2 saturated heterocycles. The number of carbonyl (C=O) groups excluding carboxylic acids is 1. The van der Waals surface area contributed by atoms with Crippen molar-refractivity contribution < 1.29 is 17.9 Å². The zero-order chi connectivity index (χ0) is 22.6. The zero-order valence-corrected chi connectivity index (χ0v) is 20.1. The Bertz CT molecular complexity index is 985. The van der Waals surface area contributed by atoms with E-state index in [1.54, 1.807) is 24.6 Å². The molecule has 0 bridgehead atoms. The summed E-state index contributed by atoms with van der Waals surface area (Å²) in [5, 5.41) is 1.78. The molecule has 32 heavy (non-hydrogen) atoms. The first kappa shape index (κ1) is 23.2. The Morgan fingerprint density at radius 2 is 1.78 bits per heavy atom. The number of thiophene rings is 1. The van der Waals surface area contributed by atoms with Gasteiger partial charge in [-0.05, 0) is 48.4 Å². The monoisotopic (exact) mass is 477 g/mol. The maximum Gasteiger partial charge on any atom is 0.252 e. The molecule has 174 valence electrons. The quantitative estimate of drug-likeness (QED) is 0.640. The molecule has 2 aliphatic heterocycles. The number of hydrogen-bond donors (Lipinski definition) is 0. The lowest BCUT2D eigenvalue weighted by molar-refractivity contribution is -0.136. The van der Waals surface area contributed by atoms with E-state index >= 15 is 0 Å². The molecule has 2 aromatic rings. The Kier molecular flexibility index (Phi) is 7.50. The topological polar surface area (TPSA) is 70.2 Å². The highest BCUT2D eigenvalue weighted by atomic mass is 32.2. The van der Waals surface area contributed by atoms with Gasteiger partial charge in [-0.3, -0.25) is 9.69 Å². The Hall–Kier alpha value is -1.94. The number of hydrogen-bond acceptors (Lipinski definition) is 6. The van der Waals surface area contributed by atoms with Crippen LogP contribution in [0.25, 0.3) is 0 Å². The minimum absolute atomic E-state index is 0.0853. The molecule has 1 aromatic heterocycles. The van der Waals surface area contributed by atoms with Gasteiger partial charge in [0.2, 0.25) is 5.91 Å². The number of sulfonamides is 1. The first-order chi connectivity index (χ1) is 15.5. The van der Waals surface area contributed by atoms with Crippen molar-refractivity contribution in [2.75, 3.05) is 46.4 Å². The molecule has 2 aliphatic rings. The minimum atomic E-state index is -3.43. The maximum atomic E-state index is 13.2. The average Bonchev–Trinajstić information content (AvgIpc) is 3.28. The van der Waals surface area contributed by atoms with Gasteiger partial charge in [-0.1, -0.05) is 18.2 Å². The lowest BCUT2D eigenvalue weighted by Crippen LogP contribution is -2.45. The first-order valence-electron chi connectivity index (χ1n) is 11.1. The van der Waals surface area contributed by atoms with Crippen LogP contribution in [0.2, 0.25) is 0 Å². The molecule has 7 nitrogen and oxygen atoms in total. The van der Waals surface area contributed by atoms with E-state index in [2.05, 4.69) is 17.0 Å². The summed E-state index contributed by atoms with van der Waals surface area (Å²) >= 11 is 1.24. The minimum Gasteiger partial charge on any atom is -0.497 e. The van der Waals surface area contributed by atoms with Crippen LogP contribution in [0.5, 0.6) is 5.75 Å². The summed E-state index contributed by atoms with van der Waals surface area (Å²) in [6.45, 7) is 5.00. The van der Waals surface area contributed by atoms with Crippen molar-refractivity contribution in [3.8, 4) is 5.75 Å². The predicted molar refractivity (Wildman–Crippen MR) is 125 cm³/mol. The molecule has 0 radical (unpaired) electrons. The van der Waals surface area contributed by atoms with Gasteiger partial charge in [-0.25, -0.2) is 8.42 Å². The lowest BCUT2D eigenvalue weighted by atomic mass is 9.96. The molecule has 3 heterocycles. The molecule has 0 aliphatic carbocycles. The fraction of sp³-hybridized carbons (Fsp3) is 0.522. The molecule has 1 amide bonds. The Labute approximate surface area is 194 Å². The van der Waals surface area contributed by atoms with Crippen molar-refractivity contribution in [1.29, 1.82) is 0 Å². The standard InChI is InChI=1S/C23H31N3O4S2/c1-30-21-7-5-19(6-8-21)18-24-11-3-12-25(16-15-24)23(27)20-9-13-26(14-10-20)32(28,29)22-4-2-17-31-22/h2,4-8,17,20H,3,9-16,18H2,1H3. The predicted octanol–water partition coefficient (Wildman–Crippen LogP) is 2.89. The lowest BCUT2D eigenvalue weighted by Gasteiger charge is -2.33. The molecule has 0 atom stereocenters. The van der Waals surface area contributed by atoms with Crippen LogP contribution >= 0.6 is 11.3 Å². The smallest absolute Gasteiger partial charge is 0.252 e. The van der Waals surface area contributed by atoms with Gasteiger partial charge < -0.3 is 9.64 Å². The van der Waals surface area contributed by atoms with Gasteiger partial charge in [0.1, 0.15) is 9.96 Å². The summed E-state index contributed by atoms with van der Waals surface area (Å²) in [5.74, 6) is 0.956. The van der Waals surface area contributed by atoms with Crippen LogP contribution in [0.1, 0.15) is 24.8 Å². The number of nitrogens with zero attached hydrogens (tertiary/aromatic N) is 3. The number of amides is 1. The average molecular weight is 478 g/mol. The Morgan fingerprint density at radius 3 is 2.44 bits per heavy atom. The number of rotatable bonds is 6. The number of benzene rings is 1. The highest BCUT2D eigenvalue weighted by Crippen LogP contribution is 2.27. The fourth-order valence-electron chi connectivity index (χ4n) is 4.48. The highest BCUT2D eigenvalue weighted by molar-refractivity contribution is 7.91. The van der Waals surface area contributed by atoms with Crippen LogP contribution in [-0.2, 0) is 21.4 Å². The van der Waals surface area contributed by atoms with E-state index in [0.29, 0.717) is 30.1 Å². The normalized spacial score (nSPS) is 19.6. The van der Waals surface area contributed by atoms with Crippen LogP contribution < -0.4 is 4.74 Å². The maximum absolute atomic E-state index is 13.2. The van der Waals surface area contributed by atoms with E-state index in [1.165, 1.54) is 21.2 Å². The SMILES string of the molecule is COc1ccc(CN2CCCN(C(=O)C3CCN(S(=O)(=O)c4cccs4)CC3)CC2)cc1. The second-order valence-electron chi connectivity index (χ2n) is 8.41. The van der Waals surface area contributed by atoms with Crippen LogP contribution in [-0.4, -0.2) is 74.8 Å². The van der Waals surface area contributed by atoms with E-state index in [1.807, 2.05) is 17.0 Å². The summed E-state index contributed by atoms with van der Waals surface area (Å²) in [7, 11) is -1.76. The largest absolute Gasteiger partial charge is 0.497 e. The van der Waals surface area contributed by atoms with Crippen LogP contribution in [0.15, 0.2) is 46.0 Å². The second-order valence-corrected chi connectivity index (χ2v) is 11.5. The van der Waals surface area contributed by atoms with E-state index < -0.39 is 10.0 Å². The summed E-state index contributed by atoms with van der Waals surface area (Å²) < 4.78 is 32.6. The molecule has 4 rings (SSSR count). The van der Waals surface area contributed by atoms with E-state index in [4.69, 9.17) is 4.74 Å². The van der Waals surface area contributed by atoms with Crippen molar-refractivity contribution in [1.82, 2.24) is 14.1 Å². The summed E-state index contributed by atoms with van der Waals surface area (Å²) in [5.41, 5.74) is 1.24. The van der Waals surface area contributed by atoms with Gasteiger partial charge >= 0.3 is 0 Å². The number of piperidine rings is 1. The summed E-state index contributed by atoms with van der Waals surface area (Å²) in [4.78, 5) is 17.5. The van der Waals surface area contributed by atoms with E-state index in [9.17, 15) is 13.2 Å². The second kappa shape index (κ2) is 10.3. The first-order valence-corrected chi connectivity index (χ1v) is 13.5. The molecular weight excluding hydrogens is 446 g/mol. The van der Waals surface area contributed by atoms with E-state index in [-0.39, 0.29) is 11.8 Å². The molecule has 0 saturated carbocycles. The van der Waals surface area contributed by atoms with Crippen LogP contribution in [0.3, 0.4) is 0 Å². The number of ether oxygens (including phenoxy) is 1. The third-order valence-electron chi connectivity index (χ3n) is 6.36. The molecule has 0 N–H and O–H groups in total. The number of methoxy groups -OCH3 is 1. The molecule has 2 fully saturated rings. The molecule has 9 heteroatoms. The van der Waals surface area contributed by atoms with Crippen molar-refractivity contribution in [2.24, 2.45) is 5.92 Å². The molecular formula is C23H31N3O4S2. The highest BCUT2D eigenvalue weighted by Gasteiger charge is 2.34. The van der Waals surface area contributed by atoms with Gasteiger partial charge in [0, 0.05) is 51.7 Å². The van der Waals surface area contributed by atoms with Crippen molar-refractivity contribution in [2.45, 2.75) is 30.0 Å². The van der Waals surface area contributed by atoms with Crippen molar-refractivity contribution in [3.63, 3.8) is 0 Å². The van der Waals surface area contributed by atoms with Gasteiger partial charge in [0.15, 0.2) is 0 Å². The number of carbonyl (C=O) groups is 1. The third kappa shape index (κ3) is 5.33. The van der Waals surface area contributed by atoms with Gasteiger partial charge in [-0.2, -0.15) is 4.31 Å². The summed E-state index contributed by atoms with van der Waals surface area (Å²) in [6, 6.07) is 11.5. The summed E-state index contributed by atoms with van der Waals surface area (Å²) in [6.07, 6.45) is 2.14. The fourth-order valence-corrected chi connectivity index (χ4v) is 7.09. The van der Waals surface area contributed by atoms with Crippen molar-refractivity contribution >= 4 is 27.3 Å². The molecule has 1 aromatic carbocycles. The van der Waals surface area contributed by atoms with Gasteiger partial charge in [0.25, 0.3) is 10.0 Å².